The zero-order valence-corrected chi connectivity index (χ0v) is 9.32. The Morgan fingerprint density at radius 2 is 1.92 bits per heavy atom. The summed E-state index contributed by atoms with van der Waals surface area (Å²) in [5, 5.41) is 0. The first-order valence-corrected chi connectivity index (χ1v) is 5.11. The van der Waals surface area contributed by atoms with Gasteiger partial charge in [0.15, 0.2) is 0 Å². The molecule has 0 aromatic carbocycles. The predicted octanol–water partition coefficient (Wildman–Crippen LogP) is 3.95. The van der Waals surface area contributed by atoms with Crippen LogP contribution in [0, 0.1) is 0 Å². The molecule has 1 aromatic heterocycles. The van der Waals surface area contributed by atoms with Crippen molar-refractivity contribution >= 4 is 63.5 Å². The lowest BCUT2D eigenvalue weighted by Crippen LogP contribution is -2.17. The maximum absolute atomic E-state index is 11.2. The lowest BCUT2D eigenvalue weighted by molar-refractivity contribution is 0.1000. The maximum Gasteiger partial charge on any atom is 0.254 e. The minimum Gasteiger partial charge on any atom is -0.288 e. The zero-order chi connectivity index (χ0) is 9.35. The molecule has 0 aliphatic heterocycles. The Morgan fingerprint density at radius 3 is 2.25 bits per heavy atom. The normalized spacial score (nSPS) is 11.7. The van der Waals surface area contributed by atoms with Crippen LogP contribution < -0.4 is 0 Å². The molecule has 0 radical (unpaired) electrons. The van der Waals surface area contributed by atoms with Crippen molar-refractivity contribution in [3.63, 3.8) is 0 Å². The summed E-state index contributed by atoms with van der Waals surface area (Å²) in [5.41, 5.74) is 0. The Kier molecular flexibility index (Phi) is 3.29. The number of carbonyl (C=O) groups is 1. The van der Waals surface area contributed by atoms with Gasteiger partial charge in [-0.3, -0.25) is 4.79 Å². The van der Waals surface area contributed by atoms with E-state index in [-0.39, 0.29) is 0 Å². The third-order valence-corrected chi connectivity index (χ3v) is 2.80. The summed E-state index contributed by atoms with van der Waals surface area (Å²) in [6, 6.07) is 3.10. The fourth-order valence-corrected chi connectivity index (χ4v) is 2.09. The van der Waals surface area contributed by atoms with Crippen molar-refractivity contribution in [1.29, 1.82) is 0 Å². The smallest absolute Gasteiger partial charge is 0.254 e. The molecule has 1 rings (SSSR count). The first kappa shape index (κ1) is 10.6. The molecule has 0 spiro atoms. The molecule has 0 unspecified atom stereocenters. The number of rotatable bonds is 1. The SMILES string of the molecule is O=C(c1ccc(Cl)s1)C(Cl)(Cl)Cl. The number of thiophene rings is 1. The molecule has 0 fully saturated rings. The molecule has 1 heterocycles. The van der Waals surface area contributed by atoms with Crippen molar-refractivity contribution in [3.8, 4) is 0 Å². The van der Waals surface area contributed by atoms with E-state index < -0.39 is 9.58 Å². The average molecular weight is 264 g/mol. The molecule has 0 N–H and O–H groups in total. The van der Waals surface area contributed by atoms with Crippen LogP contribution in [-0.2, 0) is 0 Å². The van der Waals surface area contributed by atoms with E-state index in [2.05, 4.69) is 0 Å². The average Bonchev–Trinajstić information content (AvgIpc) is 2.32. The molecule has 66 valence electrons. The second-order valence-corrected chi connectivity index (χ2v) is 5.93. The molecule has 0 bridgehead atoms. The number of carbonyl (C=O) groups excluding carboxylic acids is 1. The van der Waals surface area contributed by atoms with Gasteiger partial charge >= 0.3 is 0 Å². The van der Waals surface area contributed by atoms with Gasteiger partial charge in [-0.1, -0.05) is 46.4 Å². The quantitative estimate of drug-likeness (QED) is 0.554. The minimum absolute atomic E-state index is 0.347. The first-order chi connectivity index (χ1) is 5.41. The van der Waals surface area contributed by atoms with Crippen LogP contribution in [0.15, 0.2) is 12.1 Å². The van der Waals surface area contributed by atoms with Gasteiger partial charge in [0.05, 0.1) is 9.21 Å². The van der Waals surface area contributed by atoms with Gasteiger partial charge < -0.3 is 0 Å². The molecule has 6 heteroatoms. The first-order valence-electron chi connectivity index (χ1n) is 2.78. The van der Waals surface area contributed by atoms with Crippen LogP contribution >= 0.6 is 57.7 Å². The number of Topliss-reactive ketones (excluding diaryl/α,β-unsaturated/α-hetero) is 1. The van der Waals surface area contributed by atoms with Crippen LogP contribution in [0.4, 0.5) is 0 Å². The number of halogens is 4. The van der Waals surface area contributed by atoms with Crippen molar-refractivity contribution < 1.29 is 4.79 Å². The molecule has 0 aliphatic carbocycles. The van der Waals surface area contributed by atoms with Gasteiger partial charge in [-0.2, -0.15) is 0 Å². The highest BCUT2D eigenvalue weighted by atomic mass is 35.6. The van der Waals surface area contributed by atoms with Crippen LogP contribution in [0.1, 0.15) is 9.67 Å². The fourth-order valence-electron chi connectivity index (χ4n) is 0.576. The minimum atomic E-state index is -1.89. The lowest BCUT2D eigenvalue weighted by Gasteiger charge is -2.05. The Balaban J connectivity index is 2.93. The fraction of sp³-hybridized carbons (Fsp3) is 0.167. The van der Waals surface area contributed by atoms with E-state index in [9.17, 15) is 4.79 Å². The van der Waals surface area contributed by atoms with Gasteiger partial charge in [-0.25, -0.2) is 0 Å². The topological polar surface area (TPSA) is 17.1 Å². The molecule has 0 atom stereocenters. The molecule has 1 nitrogen and oxygen atoms in total. The Morgan fingerprint density at radius 1 is 1.33 bits per heavy atom. The molecule has 1 aromatic rings. The zero-order valence-electron chi connectivity index (χ0n) is 5.48. The van der Waals surface area contributed by atoms with Crippen LogP contribution in [0.25, 0.3) is 0 Å². The molecule has 0 amide bonds. The Hall–Kier alpha value is 0.530. The summed E-state index contributed by atoms with van der Waals surface area (Å²) < 4.78 is -1.40. The van der Waals surface area contributed by atoms with E-state index in [1.165, 1.54) is 6.07 Å². The molecule has 0 saturated carbocycles. The Bertz CT molecular complexity index is 301. The third-order valence-electron chi connectivity index (χ3n) is 1.05. The van der Waals surface area contributed by atoms with Gasteiger partial charge in [0.1, 0.15) is 0 Å². The summed E-state index contributed by atoms with van der Waals surface area (Å²) in [5.74, 6) is -0.551. The van der Waals surface area contributed by atoms with Gasteiger partial charge in [-0.15, -0.1) is 11.3 Å². The van der Waals surface area contributed by atoms with E-state index in [1.807, 2.05) is 0 Å². The molecule has 0 saturated heterocycles. The third kappa shape index (κ3) is 2.51. The molecular weight excluding hydrogens is 262 g/mol. The summed E-state index contributed by atoms with van der Waals surface area (Å²) in [6.07, 6.45) is 0. The van der Waals surface area contributed by atoms with Crippen LogP contribution in [0.3, 0.4) is 0 Å². The highest BCUT2D eigenvalue weighted by Crippen LogP contribution is 2.33. The largest absolute Gasteiger partial charge is 0.288 e. The van der Waals surface area contributed by atoms with E-state index in [0.717, 1.165) is 11.3 Å². The second-order valence-electron chi connectivity index (χ2n) is 1.93. The van der Waals surface area contributed by atoms with Crippen molar-refractivity contribution in [2.75, 3.05) is 0 Å². The van der Waals surface area contributed by atoms with E-state index >= 15 is 0 Å². The molecule has 0 aliphatic rings. The summed E-state index contributed by atoms with van der Waals surface area (Å²) in [4.78, 5) is 11.6. The number of ketones is 1. The van der Waals surface area contributed by atoms with Crippen LogP contribution in [0.2, 0.25) is 4.34 Å². The second kappa shape index (κ2) is 3.72. The van der Waals surface area contributed by atoms with Crippen LogP contribution in [0.5, 0.6) is 0 Å². The van der Waals surface area contributed by atoms with Crippen LogP contribution in [-0.4, -0.2) is 9.58 Å². The van der Waals surface area contributed by atoms with Gasteiger partial charge in [0.25, 0.3) is 3.79 Å². The standard InChI is InChI=1S/C6H2Cl4OS/c7-4-2-1-3(12-4)5(11)6(8,9)10/h1-2H. The molecular formula is C6H2Cl4OS. The van der Waals surface area contributed by atoms with E-state index in [0.29, 0.717) is 9.21 Å². The van der Waals surface area contributed by atoms with Gasteiger partial charge in [0.2, 0.25) is 5.78 Å². The monoisotopic (exact) mass is 262 g/mol. The van der Waals surface area contributed by atoms with Crippen molar-refractivity contribution in [2.45, 2.75) is 3.79 Å². The summed E-state index contributed by atoms with van der Waals surface area (Å²) >= 11 is 22.8. The van der Waals surface area contributed by atoms with Crippen molar-refractivity contribution in [2.24, 2.45) is 0 Å². The molecule has 12 heavy (non-hydrogen) atoms. The number of hydrogen-bond acceptors (Lipinski definition) is 2. The number of hydrogen-bond donors (Lipinski definition) is 0. The highest BCUT2D eigenvalue weighted by molar-refractivity contribution is 7.18. The maximum atomic E-state index is 11.2. The van der Waals surface area contributed by atoms with Crippen molar-refractivity contribution in [1.82, 2.24) is 0 Å². The predicted molar refractivity (Wildman–Crippen MR) is 53.9 cm³/mol. The summed E-state index contributed by atoms with van der Waals surface area (Å²) in [6.45, 7) is 0. The van der Waals surface area contributed by atoms with Gasteiger partial charge in [-0.05, 0) is 12.1 Å². The van der Waals surface area contributed by atoms with E-state index in [1.54, 1.807) is 6.07 Å². The summed E-state index contributed by atoms with van der Waals surface area (Å²) in [7, 11) is 0. The lowest BCUT2D eigenvalue weighted by atomic mass is 10.3. The highest BCUT2D eigenvalue weighted by Gasteiger charge is 2.32. The van der Waals surface area contributed by atoms with E-state index in [4.69, 9.17) is 46.4 Å². The number of alkyl halides is 3. The van der Waals surface area contributed by atoms with Gasteiger partial charge in [0, 0.05) is 0 Å². The van der Waals surface area contributed by atoms with Crippen molar-refractivity contribution in [3.05, 3.63) is 21.3 Å². The Labute approximate surface area is 93.2 Å².